The van der Waals surface area contributed by atoms with Gasteiger partial charge >= 0.3 is 12.2 Å². The molecule has 1 fully saturated rings. The zero-order valence-electron chi connectivity index (χ0n) is 35.4. The third-order valence-corrected chi connectivity index (χ3v) is 9.16. The number of imide groups is 1. The van der Waals surface area contributed by atoms with Gasteiger partial charge in [-0.15, -0.1) is 0 Å². The van der Waals surface area contributed by atoms with Crippen molar-refractivity contribution in [3.05, 3.63) is 42.0 Å². The molecule has 1 aliphatic rings. The summed E-state index contributed by atoms with van der Waals surface area (Å²) in [7, 11) is 0. The van der Waals surface area contributed by atoms with Gasteiger partial charge in [0.15, 0.2) is 12.1 Å². The normalized spacial score (nSPS) is 17.8. The largest absolute Gasteiger partial charge is 0.443 e. The minimum absolute atomic E-state index is 0.0471. The number of amides is 4. The molecular weight excluding hydrogens is 718 g/mol. The number of carbonyl (C=O) groups is 5. The molecular formula is C42H69N5O9. The number of hydrogen-bond donors (Lipinski definition) is 4. The van der Waals surface area contributed by atoms with Crippen LogP contribution in [0, 0.1) is 29.1 Å². The molecule has 0 aliphatic carbocycles. The molecule has 14 nitrogen and oxygen atoms in total. The van der Waals surface area contributed by atoms with Crippen molar-refractivity contribution >= 4 is 35.9 Å². The molecule has 4 amide bonds. The number of unbranched alkanes of at least 4 members (excludes halogenated alkanes) is 1. The third kappa shape index (κ3) is 16.0. The molecule has 5 atom stereocenters. The van der Waals surface area contributed by atoms with Gasteiger partial charge in [0, 0.05) is 19.6 Å². The molecule has 1 heterocycles. The summed E-state index contributed by atoms with van der Waals surface area (Å²) in [6.07, 6.45) is 4.56. The number of ketones is 1. The Labute approximate surface area is 334 Å². The molecule has 6 N–H and O–H groups in total. The number of ether oxygens (including phenoxy) is 3. The molecule has 1 saturated heterocycles. The van der Waals surface area contributed by atoms with E-state index in [1.165, 1.54) is 0 Å². The molecule has 0 aromatic heterocycles. The average molecular weight is 788 g/mol. The molecule has 0 spiro atoms. The molecule has 0 saturated carbocycles. The second kappa shape index (κ2) is 22.2. The Bertz CT molecular complexity index is 1420. The van der Waals surface area contributed by atoms with Crippen LogP contribution in [-0.4, -0.2) is 71.4 Å². The van der Waals surface area contributed by atoms with E-state index in [1.54, 1.807) is 53.7 Å². The van der Waals surface area contributed by atoms with Crippen molar-refractivity contribution in [3.63, 3.8) is 0 Å². The Balaban J connectivity index is 2.61. The summed E-state index contributed by atoms with van der Waals surface area (Å²) in [6.45, 7) is 18.4. The average Bonchev–Trinajstić information content (AvgIpc) is 3.10. The van der Waals surface area contributed by atoms with E-state index in [1.807, 2.05) is 58.0 Å². The van der Waals surface area contributed by atoms with Crippen LogP contribution >= 0.6 is 0 Å². The Morgan fingerprint density at radius 1 is 0.893 bits per heavy atom. The second-order valence-corrected chi connectivity index (χ2v) is 17.6. The number of Topliss-reactive ketones (excluding diaryl/α,β-unsaturated/α-hetero) is 1. The van der Waals surface area contributed by atoms with Crippen LogP contribution in [0.2, 0.25) is 0 Å². The molecule has 0 bridgehead atoms. The van der Waals surface area contributed by atoms with Gasteiger partial charge in [-0.05, 0) is 104 Å². The summed E-state index contributed by atoms with van der Waals surface area (Å²) >= 11 is 0. The number of carbonyl (C=O) groups excluding carboxylic acids is 5. The fraction of sp³-hybridized carbons (Fsp3) is 0.690. The van der Waals surface area contributed by atoms with Crippen LogP contribution in [0.15, 0.2) is 36.4 Å². The first-order valence-electron chi connectivity index (χ1n) is 20.0. The number of hydroxylamine groups is 1. The Kier molecular flexibility index (Phi) is 19.1. The second-order valence-electron chi connectivity index (χ2n) is 17.6. The number of rotatable bonds is 19. The van der Waals surface area contributed by atoms with Gasteiger partial charge in [0.2, 0.25) is 11.8 Å². The van der Waals surface area contributed by atoms with Crippen molar-refractivity contribution in [1.29, 1.82) is 0 Å². The fourth-order valence-corrected chi connectivity index (χ4v) is 6.90. The van der Waals surface area contributed by atoms with Crippen molar-refractivity contribution in [2.45, 2.75) is 144 Å². The first kappa shape index (κ1) is 48.3. The lowest BCUT2D eigenvalue weighted by molar-refractivity contribution is -0.204. The lowest BCUT2D eigenvalue weighted by atomic mass is 9.59. The molecule has 2 unspecified atom stereocenters. The van der Waals surface area contributed by atoms with E-state index in [0.29, 0.717) is 19.4 Å². The number of nitrogens with two attached hydrogens (primary N) is 2. The Morgan fingerprint density at radius 2 is 1.50 bits per heavy atom. The summed E-state index contributed by atoms with van der Waals surface area (Å²) in [6, 6.07) is 8.24. The maximum atomic E-state index is 15.2. The van der Waals surface area contributed by atoms with Gasteiger partial charge in [-0.2, -0.15) is 0 Å². The van der Waals surface area contributed by atoms with Gasteiger partial charge in [0.25, 0.3) is 0 Å². The highest BCUT2D eigenvalue weighted by molar-refractivity contribution is 5.99. The monoisotopic (exact) mass is 788 g/mol. The molecule has 1 aliphatic heterocycles. The lowest BCUT2D eigenvalue weighted by Gasteiger charge is -2.43. The first-order chi connectivity index (χ1) is 26.1. The van der Waals surface area contributed by atoms with Gasteiger partial charge in [0.1, 0.15) is 11.2 Å². The molecule has 1 aromatic rings. The lowest BCUT2D eigenvalue weighted by Crippen LogP contribution is -2.57. The van der Waals surface area contributed by atoms with E-state index >= 15 is 4.79 Å². The Morgan fingerprint density at radius 3 is 2.00 bits per heavy atom. The molecule has 2 rings (SSSR count). The van der Waals surface area contributed by atoms with Crippen molar-refractivity contribution in [2.75, 3.05) is 13.2 Å². The van der Waals surface area contributed by atoms with Gasteiger partial charge in [0.05, 0.1) is 23.3 Å². The van der Waals surface area contributed by atoms with Crippen LogP contribution in [0.25, 0.3) is 6.08 Å². The summed E-state index contributed by atoms with van der Waals surface area (Å²) < 4.78 is 16.7. The van der Waals surface area contributed by atoms with Crippen LogP contribution in [0.4, 0.5) is 9.59 Å². The summed E-state index contributed by atoms with van der Waals surface area (Å²) in [5, 5.41) is 0. The summed E-state index contributed by atoms with van der Waals surface area (Å²) in [5.41, 5.74) is 9.07. The van der Waals surface area contributed by atoms with Crippen molar-refractivity contribution < 1.29 is 43.0 Å². The number of hydrazine groups is 1. The fourth-order valence-electron chi connectivity index (χ4n) is 6.90. The number of benzene rings is 1. The number of nitrogens with one attached hydrogen (secondary N) is 2. The molecule has 14 heteroatoms. The summed E-state index contributed by atoms with van der Waals surface area (Å²) in [5.74, 6) is 1.50. The minimum atomic E-state index is -1.62. The predicted octanol–water partition coefficient (Wildman–Crippen LogP) is 6.81. The standard InChI is InChI=1S/C42H69N5O9/c1-28(2)26-31(36(49)45-44)34(37(50)46-56-33-21-15-17-25-53-33)42(27-29(3)4,23-22-30-18-12-11-13-19-30)35(48)32(43)20-14-16-24-47(38(51)54-40(5,6)7)39(52)55-41(8,9)10/h11-13,18-19,22-23,28-29,31-34H,14-17,20-21,24-27,43-44H2,1-10H3,(H,45,49)(H,46,50)/t31-,32+,33?,34-,42?/m1/s1. The Hall–Kier alpha value is -3.85. The smallest absolute Gasteiger partial charge is 0.419 e. The van der Waals surface area contributed by atoms with Crippen LogP contribution < -0.4 is 22.5 Å². The molecule has 1 aromatic carbocycles. The zero-order chi connectivity index (χ0) is 42.3. The van der Waals surface area contributed by atoms with Crippen molar-refractivity contribution in [2.24, 2.45) is 40.7 Å². The van der Waals surface area contributed by atoms with Gasteiger partial charge in [-0.25, -0.2) is 30.6 Å². The topological polar surface area (TPSA) is 202 Å². The zero-order valence-corrected chi connectivity index (χ0v) is 35.4. The summed E-state index contributed by atoms with van der Waals surface area (Å²) in [4.78, 5) is 76.4. The number of nitrogens with zero attached hydrogens (tertiary/aromatic N) is 1. The van der Waals surface area contributed by atoms with Gasteiger partial charge < -0.3 is 19.9 Å². The van der Waals surface area contributed by atoms with E-state index in [9.17, 15) is 19.2 Å². The van der Waals surface area contributed by atoms with Crippen molar-refractivity contribution in [1.82, 2.24) is 15.8 Å². The van der Waals surface area contributed by atoms with E-state index in [0.717, 1.165) is 23.3 Å². The van der Waals surface area contributed by atoms with Crippen LogP contribution in [0.1, 0.15) is 126 Å². The maximum absolute atomic E-state index is 15.2. The quantitative estimate of drug-likeness (QED) is 0.0496. The molecule has 316 valence electrons. The van der Waals surface area contributed by atoms with E-state index in [4.69, 9.17) is 30.6 Å². The highest BCUT2D eigenvalue weighted by atomic mass is 16.8. The third-order valence-electron chi connectivity index (χ3n) is 9.16. The SMILES string of the molecule is CC(C)C[C@@H](C(=O)NN)[C@H](C(=O)NOC1CCCCO1)C(C=Cc1ccccc1)(CC(C)C)C(=O)[C@@H](N)CCCCN(C(=O)OC(C)(C)C)C(=O)OC(C)(C)C. The molecule has 0 radical (unpaired) electrons. The highest BCUT2D eigenvalue weighted by Crippen LogP contribution is 2.45. The van der Waals surface area contributed by atoms with Gasteiger partial charge in [-0.1, -0.05) is 70.2 Å². The van der Waals surface area contributed by atoms with Crippen LogP contribution in [-0.2, 0) is 33.4 Å². The predicted molar refractivity (Wildman–Crippen MR) is 215 cm³/mol. The molecule has 56 heavy (non-hydrogen) atoms. The maximum Gasteiger partial charge on any atom is 0.419 e. The highest BCUT2D eigenvalue weighted by Gasteiger charge is 2.54. The number of allylic oxidation sites excluding steroid dienone is 1. The van der Waals surface area contributed by atoms with E-state index in [-0.39, 0.29) is 44.1 Å². The van der Waals surface area contributed by atoms with E-state index in [2.05, 4.69) is 10.9 Å². The first-order valence-corrected chi connectivity index (χ1v) is 20.0. The van der Waals surface area contributed by atoms with E-state index < -0.39 is 70.6 Å². The van der Waals surface area contributed by atoms with Gasteiger partial charge in [-0.3, -0.25) is 19.8 Å². The van der Waals surface area contributed by atoms with Crippen LogP contribution in [0.5, 0.6) is 0 Å². The minimum Gasteiger partial charge on any atom is -0.443 e. The number of hydrogen-bond acceptors (Lipinski definition) is 11. The van der Waals surface area contributed by atoms with Crippen LogP contribution in [0.3, 0.4) is 0 Å². The van der Waals surface area contributed by atoms with Crippen molar-refractivity contribution in [3.8, 4) is 0 Å².